The van der Waals surface area contributed by atoms with E-state index in [-0.39, 0.29) is 29.7 Å². The number of nitrogens with one attached hydrogen (secondary N) is 1. The summed E-state index contributed by atoms with van der Waals surface area (Å²) in [7, 11) is 1.59. The summed E-state index contributed by atoms with van der Waals surface area (Å²) in [5.41, 5.74) is -0.0522. The summed E-state index contributed by atoms with van der Waals surface area (Å²) in [5, 5.41) is 13.6. The minimum atomic E-state index is -1.66. The molecule has 1 amide bonds. The van der Waals surface area contributed by atoms with E-state index in [1.165, 1.54) is 12.1 Å². The van der Waals surface area contributed by atoms with Gasteiger partial charge in [0.25, 0.3) is 5.91 Å². The molecule has 0 spiro atoms. The monoisotopic (exact) mass is 559 g/mol. The van der Waals surface area contributed by atoms with E-state index in [4.69, 9.17) is 42.1 Å². The van der Waals surface area contributed by atoms with Crippen molar-refractivity contribution < 1.29 is 33.6 Å². The first-order chi connectivity index (χ1) is 18.3. The number of carbonyl (C=O) groups is 2. The first-order valence-electron chi connectivity index (χ1n) is 12.0. The highest BCUT2D eigenvalue weighted by Gasteiger charge is 2.47. The van der Waals surface area contributed by atoms with Crippen LogP contribution in [-0.2, 0) is 21.6 Å². The smallest absolute Gasteiger partial charge is 0.353 e. The molecule has 3 aromatic carbocycles. The number of para-hydroxylation sites is 1. The summed E-state index contributed by atoms with van der Waals surface area (Å²) in [4.78, 5) is 25.2. The second-order valence-corrected chi connectivity index (χ2v) is 9.42. The summed E-state index contributed by atoms with van der Waals surface area (Å²) >= 11 is 12.5. The Morgan fingerprint density at radius 3 is 2.63 bits per heavy atom. The largest absolute Gasteiger partial charge is 0.493 e. The lowest BCUT2D eigenvalue weighted by atomic mass is 9.87. The van der Waals surface area contributed by atoms with Gasteiger partial charge in [-0.3, -0.25) is 4.79 Å². The fraction of sp³-hybridized carbons (Fsp3) is 0.286. The topological polar surface area (TPSA) is 103 Å². The Hall–Kier alpha value is -3.46. The van der Waals surface area contributed by atoms with Crippen LogP contribution in [-0.4, -0.2) is 50.5 Å². The highest BCUT2D eigenvalue weighted by molar-refractivity contribution is 6.32. The average molecular weight is 560 g/mol. The maximum atomic E-state index is 12.8. The normalized spacial score (nSPS) is 16.2. The number of rotatable bonds is 11. The Bertz CT molecular complexity index is 1320. The van der Waals surface area contributed by atoms with Crippen molar-refractivity contribution >= 4 is 35.1 Å². The van der Waals surface area contributed by atoms with E-state index in [2.05, 4.69) is 5.32 Å². The maximum absolute atomic E-state index is 12.8. The van der Waals surface area contributed by atoms with E-state index in [1.54, 1.807) is 49.6 Å². The number of carboxylic acids is 1. The number of fused-ring (bicyclic) bond motifs is 1. The first-order valence-corrected chi connectivity index (χ1v) is 12.7. The summed E-state index contributed by atoms with van der Waals surface area (Å²) < 4.78 is 22.4. The number of aliphatic carboxylic acids is 1. The first kappa shape index (κ1) is 27.6. The zero-order chi connectivity index (χ0) is 27.1. The predicted octanol–water partition coefficient (Wildman–Crippen LogP) is 5.13. The van der Waals surface area contributed by atoms with Crippen LogP contribution in [0.1, 0.15) is 27.9 Å². The van der Waals surface area contributed by atoms with E-state index in [1.807, 2.05) is 6.07 Å². The molecule has 1 atom stereocenters. The molecule has 1 aliphatic heterocycles. The van der Waals surface area contributed by atoms with Crippen LogP contribution in [0.3, 0.4) is 0 Å². The number of carbonyl (C=O) groups excluding carboxylic acids is 1. The number of hydrogen-bond acceptors (Lipinski definition) is 6. The van der Waals surface area contributed by atoms with Crippen LogP contribution in [0, 0.1) is 0 Å². The zero-order valence-corrected chi connectivity index (χ0v) is 22.2. The van der Waals surface area contributed by atoms with Gasteiger partial charge < -0.3 is 29.4 Å². The number of benzene rings is 3. The van der Waals surface area contributed by atoms with E-state index in [0.29, 0.717) is 53.8 Å². The Kier molecular flexibility index (Phi) is 8.99. The van der Waals surface area contributed by atoms with Gasteiger partial charge in [-0.05, 0) is 48.4 Å². The molecule has 0 aromatic heterocycles. The highest BCUT2D eigenvalue weighted by Crippen LogP contribution is 2.42. The second kappa shape index (κ2) is 12.4. The Morgan fingerprint density at radius 1 is 1.05 bits per heavy atom. The van der Waals surface area contributed by atoms with Gasteiger partial charge in [0, 0.05) is 36.2 Å². The molecule has 1 aliphatic rings. The molecule has 4 rings (SSSR count). The fourth-order valence-corrected chi connectivity index (χ4v) is 4.55. The number of ether oxygens (including phenoxy) is 4. The average Bonchev–Trinajstić information content (AvgIpc) is 2.91. The third-order valence-electron chi connectivity index (χ3n) is 6.11. The van der Waals surface area contributed by atoms with Gasteiger partial charge in [0.05, 0.1) is 18.2 Å². The molecule has 0 saturated heterocycles. The van der Waals surface area contributed by atoms with Gasteiger partial charge >= 0.3 is 5.97 Å². The van der Waals surface area contributed by atoms with Crippen molar-refractivity contribution in [2.75, 3.05) is 33.5 Å². The molecule has 2 N–H and O–H groups in total. The SMILES string of the molecule is COCCOc1cc(Cl)ccc1CCNC(=O)c1ccc(OC2(C(=O)O)CCOc3ccccc32)c(Cl)c1. The molecule has 200 valence electrons. The summed E-state index contributed by atoms with van der Waals surface area (Å²) in [6, 6.07) is 16.7. The van der Waals surface area contributed by atoms with E-state index >= 15 is 0 Å². The summed E-state index contributed by atoms with van der Waals surface area (Å²) in [5.74, 6) is -0.254. The van der Waals surface area contributed by atoms with Crippen molar-refractivity contribution in [3.63, 3.8) is 0 Å². The lowest BCUT2D eigenvalue weighted by Crippen LogP contribution is -2.45. The van der Waals surface area contributed by atoms with Crippen molar-refractivity contribution in [1.82, 2.24) is 5.32 Å². The number of methoxy groups -OCH3 is 1. The molecule has 8 nitrogen and oxygen atoms in total. The van der Waals surface area contributed by atoms with Crippen LogP contribution in [0.2, 0.25) is 10.0 Å². The number of carboxylic acid groups (broad SMARTS) is 1. The van der Waals surface area contributed by atoms with Gasteiger partial charge in [0.2, 0.25) is 5.60 Å². The molecule has 38 heavy (non-hydrogen) atoms. The van der Waals surface area contributed by atoms with Crippen LogP contribution in [0.5, 0.6) is 17.2 Å². The molecule has 0 aliphatic carbocycles. The van der Waals surface area contributed by atoms with Gasteiger partial charge in [-0.15, -0.1) is 0 Å². The van der Waals surface area contributed by atoms with Crippen LogP contribution in [0.4, 0.5) is 0 Å². The van der Waals surface area contributed by atoms with Gasteiger partial charge in [-0.25, -0.2) is 4.79 Å². The molecule has 1 unspecified atom stereocenters. The van der Waals surface area contributed by atoms with Crippen LogP contribution in [0.15, 0.2) is 60.7 Å². The van der Waals surface area contributed by atoms with Crippen molar-refractivity contribution in [2.45, 2.75) is 18.4 Å². The molecule has 10 heteroatoms. The third-order valence-corrected chi connectivity index (χ3v) is 6.64. The van der Waals surface area contributed by atoms with Crippen molar-refractivity contribution in [2.24, 2.45) is 0 Å². The quantitative estimate of drug-likeness (QED) is 0.314. The van der Waals surface area contributed by atoms with Crippen molar-refractivity contribution in [1.29, 1.82) is 0 Å². The lowest BCUT2D eigenvalue weighted by molar-refractivity contribution is -0.159. The van der Waals surface area contributed by atoms with Gasteiger partial charge in [0.15, 0.2) is 0 Å². The van der Waals surface area contributed by atoms with Gasteiger partial charge in [-0.2, -0.15) is 0 Å². The minimum absolute atomic E-state index is 0.0970. The highest BCUT2D eigenvalue weighted by atomic mass is 35.5. The van der Waals surface area contributed by atoms with Crippen LogP contribution < -0.4 is 19.5 Å². The molecule has 0 saturated carbocycles. The van der Waals surface area contributed by atoms with Crippen LogP contribution >= 0.6 is 23.2 Å². The van der Waals surface area contributed by atoms with Crippen molar-refractivity contribution in [3.8, 4) is 17.2 Å². The molecule has 1 heterocycles. The molecular weight excluding hydrogens is 533 g/mol. The molecular formula is C28H27Cl2NO7. The number of hydrogen-bond donors (Lipinski definition) is 2. The fourth-order valence-electron chi connectivity index (χ4n) is 4.17. The van der Waals surface area contributed by atoms with Crippen LogP contribution in [0.25, 0.3) is 0 Å². The standard InChI is InChI=1S/C28H27Cl2NO7/c1-35-14-15-37-25-17-20(29)8-6-18(25)10-12-31-26(32)19-7-9-24(22(30)16-19)38-28(27(33)34)11-13-36-23-5-3-2-4-21(23)28/h2-9,16-17H,10-15H2,1H3,(H,31,32)(H,33,34). The predicted molar refractivity (Wildman–Crippen MR) is 143 cm³/mol. The summed E-state index contributed by atoms with van der Waals surface area (Å²) in [6.45, 7) is 1.34. The Labute approximate surface area is 230 Å². The minimum Gasteiger partial charge on any atom is -0.493 e. The molecule has 0 bridgehead atoms. The second-order valence-electron chi connectivity index (χ2n) is 8.57. The van der Waals surface area contributed by atoms with E-state index in [0.717, 1.165) is 5.56 Å². The molecule has 0 radical (unpaired) electrons. The molecule has 0 fully saturated rings. The Morgan fingerprint density at radius 2 is 1.87 bits per heavy atom. The number of amides is 1. The molecule has 3 aromatic rings. The van der Waals surface area contributed by atoms with Gasteiger partial charge in [0.1, 0.15) is 23.9 Å². The van der Waals surface area contributed by atoms with E-state index in [9.17, 15) is 14.7 Å². The maximum Gasteiger partial charge on any atom is 0.353 e. The Balaban J connectivity index is 1.43. The van der Waals surface area contributed by atoms with E-state index < -0.39 is 11.6 Å². The summed E-state index contributed by atoms with van der Waals surface area (Å²) in [6.07, 6.45) is 0.614. The van der Waals surface area contributed by atoms with Gasteiger partial charge in [-0.1, -0.05) is 47.5 Å². The lowest BCUT2D eigenvalue weighted by Gasteiger charge is -2.35. The number of halogens is 2. The zero-order valence-electron chi connectivity index (χ0n) is 20.7. The third kappa shape index (κ3) is 6.15. The van der Waals surface area contributed by atoms with Crippen molar-refractivity contribution in [3.05, 3.63) is 87.4 Å².